The van der Waals surface area contributed by atoms with Crippen LogP contribution in [0, 0.1) is 0 Å². The average molecular weight is 309 g/mol. The summed E-state index contributed by atoms with van der Waals surface area (Å²) >= 11 is 0.258. The Morgan fingerprint density at radius 3 is 2.83 bits per heavy atom. The van der Waals surface area contributed by atoms with E-state index in [1.165, 1.54) is 25.2 Å². The third-order valence-electron chi connectivity index (χ3n) is 3.21. The molecule has 0 saturated carbocycles. The molecule has 0 bridgehead atoms. The summed E-state index contributed by atoms with van der Waals surface area (Å²) in [7, 11) is 0. The van der Waals surface area contributed by atoms with Crippen molar-refractivity contribution in [1.82, 2.24) is 4.98 Å². The van der Waals surface area contributed by atoms with Crippen LogP contribution in [0.25, 0.3) is 0 Å². The Hall–Kier alpha value is -0.692. The number of rotatable bonds is 3. The number of hydrogen-bond acceptors (Lipinski definition) is 3. The summed E-state index contributed by atoms with van der Waals surface area (Å²) in [5.74, 6) is 0.982. The van der Waals surface area contributed by atoms with E-state index in [1.54, 1.807) is 0 Å². The summed E-state index contributed by atoms with van der Waals surface area (Å²) in [6.07, 6.45) is 3.29. The van der Waals surface area contributed by atoms with Crippen molar-refractivity contribution in [1.29, 1.82) is 0 Å². The number of nitrogens with zero attached hydrogens (tertiary/aromatic N) is 2. The Morgan fingerprint density at radius 1 is 1.44 bits per heavy atom. The van der Waals surface area contributed by atoms with Crippen LogP contribution in [0.2, 0.25) is 10.4 Å². The van der Waals surface area contributed by atoms with Crippen molar-refractivity contribution < 1.29 is 0 Å². The van der Waals surface area contributed by atoms with E-state index in [-0.39, 0.29) is 21.3 Å². The third kappa shape index (κ3) is 3.65. The van der Waals surface area contributed by atoms with Gasteiger partial charge in [0.25, 0.3) is 0 Å². The maximum atomic E-state index is 4.41. The van der Waals surface area contributed by atoms with Gasteiger partial charge in [-0.3, -0.25) is 0 Å². The van der Waals surface area contributed by atoms with Gasteiger partial charge in [-0.2, -0.15) is 0 Å². The van der Waals surface area contributed by atoms with Crippen molar-refractivity contribution in [2.45, 2.75) is 43.1 Å². The quantitative estimate of drug-likeness (QED) is 0.870. The van der Waals surface area contributed by atoms with Gasteiger partial charge in [-0.25, -0.2) is 0 Å². The molecular weight excluding hydrogens is 285 g/mol. The van der Waals surface area contributed by atoms with Gasteiger partial charge in [0.2, 0.25) is 0 Å². The van der Waals surface area contributed by atoms with Gasteiger partial charge in [0.05, 0.1) is 0 Å². The fourth-order valence-corrected chi connectivity index (χ4v) is 4.02. The molecule has 2 atom stereocenters. The van der Waals surface area contributed by atoms with Gasteiger partial charge in [0, 0.05) is 0 Å². The van der Waals surface area contributed by atoms with Crippen LogP contribution in [0.5, 0.6) is 0 Å². The van der Waals surface area contributed by atoms with E-state index >= 15 is 0 Å². The molecule has 4 heteroatoms. The monoisotopic (exact) mass is 309 g/mol. The third-order valence-corrected chi connectivity index (χ3v) is 5.91. The maximum absolute atomic E-state index is 4.41. The number of aromatic nitrogens is 1. The van der Waals surface area contributed by atoms with Gasteiger partial charge in [-0.15, -0.1) is 0 Å². The topological polar surface area (TPSA) is 28.2 Å². The molecular formula is C14H24AsN3. The molecule has 0 amide bonds. The Bertz CT molecular complexity index is 400. The molecule has 3 nitrogen and oxygen atoms in total. The molecule has 1 aliphatic heterocycles. The molecule has 1 aliphatic rings. The van der Waals surface area contributed by atoms with Crippen LogP contribution in [0.1, 0.15) is 27.2 Å². The molecule has 1 aromatic rings. The zero-order valence-electron chi connectivity index (χ0n) is 11.8. The fourth-order valence-electron chi connectivity index (χ4n) is 2.30. The van der Waals surface area contributed by atoms with Crippen LogP contribution in [-0.2, 0) is 0 Å². The first-order chi connectivity index (χ1) is 8.48. The van der Waals surface area contributed by atoms with E-state index in [0.29, 0.717) is 0 Å². The first-order valence-electron chi connectivity index (χ1n) is 6.64. The molecule has 0 spiro atoms. The summed E-state index contributed by atoms with van der Waals surface area (Å²) in [5, 5.41) is 3.44. The van der Waals surface area contributed by atoms with E-state index in [4.69, 9.17) is 0 Å². The molecule has 0 aromatic carbocycles. The summed E-state index contributed by atoms with van der Waals surface area (Å²) < 4.78 is 0.984. The number of nitrogens with one attached hydrogen (secondary N) is 1. The van der Waals surface area contributed by atoms with Crippen LogP contribution in [0.15, 0.2) is 18.3 Å². The van der Waals surface area contributed by atoms with Crippen LogP contribution in [0.4, 0.5) is 11.5 Å². The number of anilines is 2. The first-order valence-corrected chi connectivity index (χ1v) is 9.95. The van der Waals surface area contributed by atoms with E-state index < -0.39 is 0 Å². The molecule has 2 rings (SSSR count). The van der Waals surface area contributed by atoms with E-state index in [1.807, 2.05) is 6.20 Å². The van der Waals surface area contributed by atoms with Crippen molar-refractivity contribution in [2.75, 3.05) is 23.3 Å². The van der Waals surface area contributed by atoms with Crippen LogP contribution < -0.4 is 10.2 Å². The summed E-state index contributed by atoms with van der Waals surface area (Å²) in [6, 6.07) is 4.31. The molecule has 100 valence electrons. The molecule has 1 saturated heterocycles. The Balaban J connectivity index is 2.08. The van der Waals surface area contributed by atoms with Gasteiger partial charge < -0.3 is 0 Å². The van der Waals surface area contributed by atoms with Gasteiger partial charge in [0.15, 0.2) is 0 Å². The second-order valence-electron chi connectivity index (χ2n) is 5.99. The second-order valence-corrected chi connectivity index (χ2v) is 8.92. The van der Waals surface area contributed by atoms with E-state index in [9.17, 15) is 0 Å². The SMILES string of the molecule is C[AsH][C@H]1CCN(c2ccnc(NC(C)(C)C)c2)C1. The fraction of sp³-hybridized carbons (Fsp3) is 0.643. The van der Waals surface area contributed by atoms with Gasteiger partial charge >= 0.3 is 117 Å². The summed E-state index contributed by atoms with van der Waals surface area (Å²) in [4.78, 5) is 6.91. The normalized spacial score (nSPS) is 20.9. The van der Waals surface area contributed by atoms with Crippen molar-refractivity contribution in [3.8, 4) is 0 Å². The van der Waals surface area contributed by atoms with Crippen molar-refractivity contribution in [3.63, 3.8) is 0 Å². The van der Waals surface area contributed by atoms with Gasteiger partial charge in [-0.05, 0) is 0 Å². The van der Waals surface area contributed by atoms with E-state index in [2.05, 4.69) is 53.8 Å². The second kappa shape index (κ2) is 5.52. The molecule has 1 fully saturated rings. The predicted molar refractivity (Wildman–Crippen MR) is 81.2 cm³/mol. The molecule has 18 heavy (non-hydrogen) atoms. The predicted octanol–water partition coefficient (Wildman–Crippen LogP) is 2.78. The van der Waals surface area contributed by atoms with Crippen LogP contribution in [-0.4, -0.2) is 39.4 Å². The first kappa shape index (κ1) is 13.7. The molecule has 2 heterocycles. The van der Waals surface area contributed by atoms with Crippen LogP contribution in [0.3, 0.4) is 0 Å². The van der Waals surface area contributed by atoms with Crippen molar-refractivity contribution in [3.05, 3.63) is 18.3 Å². The average Bonchev–Trinajstić information content (AvgIpc) is 2.75. The zero-order valence-corrected chi connectivity index (χ0v) is 13.9. The minimum absolute atomic E-state index is 0.0643. The number of pyridine rings is 1. The standard InChI is InChI=1S/C14H24AsN3/c1-14(2,3)17-13-9-12(5-7-16-13)18-8-6-11(10-18)15-4/h5,7,9,11,15H,6,8,10H2,1-4H3,(H,16,17)/t11-/m0/s1. The summed E-state index contributed by atoms with van der Waals surface area (Å²) in [6.45, 7) is 8.94. The van der Waals surface area contributed by atoms with E-state index in [0.717, 1.165) is 10.5 Å². The van der Waals surface area contributed by atoms with Crippen molar-refractivity contribution in [2.24, 2.45) is 0 Å². The minimum atomic E-state index is 0.0643. The molecule has 1 N–H and O–H groups in total. The van der Waals surface area contributed by atoms with Gasteiger partial charge in [-0.1, -0.05) is 0 Å². The molecule has 0 aliphatic carbocycles. The van der Waals surface area contributed by atoms with Crippen LogP contribution >= 0.6 is 0 Å². The molecule has 0 radical (unpaired) electrons. The number of hydrogen-bond donors (Lipinski definition) is 1. The molecule has 1 unspecified atom stereocenters. The Labute approximate surface area is 117 Å². The van der Waals surface area contributed by atoms with Gasteiger partial charge in [0.1, 0.15) is 0 Å². The van der Waals surface area contributed by atoms with Crippen molar-refractivity contribution >= 4 is 27.3 Å². The zero-order chi connectivity index (χ0) is 13.2. The Morgan fingerprint density at radius 2 is 2.22 bits per heavy atom. The summed E-state index contributed by atoms with van der Waals surface area (Å²) in [5.41, 5.74) is 3.79. The molecule has 1 aromatic heterocycles. The Kier molecular flexibility index (Phi) is 4.21.